The molecule has 0 aromatic carbocycles. The average molecular weight is 1370 g/mol. The van der Waals surface area contributed by atoms with Crippen LogP contribution in [0.4, 0.5) is 0 Å². The standard InChI is InChI=1S/C74H144O17P2/c1-7-9-11-13-15-17-19-21-23-25-27-29-34-38-46-52-58-73(78)90-69(62-84-71(76)56-50-44-37-33-28-26-24-22-20-18-16-14-12-10-8-2)64-88-92(80,81)86-60-68(75)61-87-93(82,83)89-65-70(63-85-72(77)57-51-45-41-40-43-49-55-67(5)6)91-74(79)59-53-47-39-35-31-30-32-36-42-48-54-66(3)4/h66-70,75H,7-65H2,1-6H3,(H,80,81)(H,82,83)/t68-,69-,70-/m1/s1. The Morgan fingerprint density at radius 1 is 0.290 bits per heavy atom. The minimum atomic E-state index is -4.96. The molecule has 17 nitrogen and oxygen atoms in total. The van der Waals surface area contributed by atoms with Crippen molar-refractivity contribution in [1.82, 2.24) is 0 Å². The summed E-state index contributed by atoms with van der Waals surface area (Å²) in [5, 5.41) is 10.6. The van der Waals surface area contributed by atoms with Crippen LogP contribution in [0.1, 0.15) is 382 Å². The van der Waals surface area contributed by atoms with E-state index in [0.717, 1.165) is 102 Å². The second-order valence-corrected chi connectivity index (χ2v) is 30.5. The molecule has 0 saturated carbocycles. The molecule has 2 unspecified atom stereocenters. The van der Waals surface area contributed by atoms with Gasteiger partial charge in [0.1, 0.15) is 19.3 Å². The Bertz CT molecular complexity index is 1800. The first-order chi connectivity index (χ1) is 44.9. The second kappa shape index (κ2) is 66.0. The van der Waals surface area contributed by atoms with E-state index in [1.165, 1.54) is 193 Å². The van der Waals surface area contributed by atoms with E-state index in [1.807, 2.05) is 0 Å². The van der Waals surface area contributed by atoms with Crippen LogP contribution in [0.5, 0.6) is 0 Å². The lowest BCUT2D eigenvalue weighted by Crippen LogP contribution is -2.30. The molecule has 0 amide bonds. The fourth-order valence-corrected chi connectivity index (χ4v) is 12.9. The molecule has 552 valence electrons. The lowest BCUT2D eigenvalue weighted by molar-refractivity contribution is -0.161. The highest BCUT2D eigenvalue weighted by atomic mass is 31.2. The molecule has 0 aliphatic carbocycles. The van der Waals surface area contributed by atoms with Crippen LogP contribution in [0.25, 0.3) is 0 Å². The van der Waals surface area contributed by atoms with Crippen LogP contribution in [-0.2, 0) is 65.4 Å². The average Bonchev–Trinajstić information content (AvgIpc) is 3.74. The first-order valence-electron chi connectivity index (χ1n) is 38.5. The third kappa shape index (κ3) is 68.4. The highest BCUT2D eigenvalue weighted by molar-refractivity contribution is 7.47. The van der Waals surface area contributed by atoms with Crippen molar-refractivity contribution in [2.45, 2.75) is 400 Å². The van der Waals surface area contributed by atoms with Crippen molar-refractivity contribution in [3.63, 3.8) is 0 Å². The van der Waals surface area contributed by atoms with Gasteiger partial charge in [0, 0.05) is 25.7 Å². The maximum absolute atomic E-state index is 13.1. The molecule has 0 heterocycles. The number of rotatable bonds is 73. The Morgan fingerprint density at radius 2 is 0.495 bits per heavy atom. The minimum absolute atomic E-state index is 0.105. The molecule has 0 radical (unpaired) electrons. The van der Waals surface area contributed by atoms with E-state index in [9.17, 15) is 43.2 Å². The predicted molar refractivity (Wildman–Crippen MR) is 377 cm³/mol. The zero-order valence-electron chi connectivity index (χ0n) is 60.6. The van der Waals surface area contributed by atoms with Crippen molar-refractivity contribution in [2.75, 3.05) is 39.6 Å². The summed E-state index contributed by atoms with van der Waals surface area (Å²) in [6.45, 7) is 9.49. The van der Waals surface area contributed by atoms with Gasteiger partial charge in [-0.3, -0.25) is 37.3 Å². The van der Waals surface area contributed by atoms with Crippen LogP contribution < -0.4 is 0 Å². The highest BCUT2D eigenvalue weighted by Gasteiger charge is 2.30. The topological polar surface area (TPSA) is 237 Å². The first kappa shape index (κ1) is 91.1. The number of carbonyl (C=O) groups is 4. The van der Waals surface area contributed by atoms with Crippen LogP contribution in [0, 0.1) is 11.8 Å². The predicted octanol–water partition coefficient (Wildman–Crippen LogP) is 21.6. The fourth-order valence-electron chi connectivity index (χ4n) is 11.3. The number of aliphatic hydroxyl groups excluding tert-OH is 1. The quantitative estimate of drug-likeness (QED) is 0.0222. The van der Waals surface area contributed by atoms with E-state index >= 15 is 0 Å². The first-order valence-corrected chi connectivity index (χ1v) is 41.5. The number of hydrogen-bond donors (Lipinski definition) is 3. The summed E-state index contributed by atoms with van der Waals surface area (Å²) in [5.74, 6) is -0.688. The van der Waals surface area contributed by atoms with Crippen LogP contribution in [0.15, 0.2) is 0 Å². The molecule has 19 heteroatoms. The zero-order chi connectivity index (χ0) is 68.6. The van der Waals surface area contributed by atoms with Crippen molar-refractivity contribution < 1.29 is 80.2 Å². The van der Waals surface area contributed by atoms with Gasteiger partial charge in [0.15, 0.2) is 12.2 Å². The number of hydrogen-bond acceptors (Lipinski definition) is 15. The van der Waals surface area contributed by atoms with Crippen LogP contribution in [-0.4, -0.2) is 96.7 Å². The number of ether oxygens (including phenoxy) is 4. The molecular weight excluding hydrogens is 1220 g/mol. The van der Waals surface area contributed by atoms with E-state index in [0.29, 0.717) is 31.6 Å². The molecular formula is C74H144O17P2. The van der Waals surface area contributed by atoms with E-state index in [1.54, 1.807) is 0 Å². The summed E-state index contributed by atoms with van der Waals surface area (Å²) in [6.07, 6.45) is 52.8. The summed E-state index contributed by atoms with van der Waals surface area (Å²) < 4.78 is 68.4. The van der Waals surface area contributed by atoms with Crippen LogP contribution >= 0.6 is 15.6 Å². The number of phosphoric acid groups is 2. The Balaban J connectivity index is 5.24. The summed E-state index contributed by atoms with van der Waals surface area (Å²) in [7, 11) is -9.91. The molecule has 0 saturated heterocycles. The second-order valence-electron chi connectivity index (χ2n) is 27.6. The van der Waals surface area contributed by atoms with Crippen molar-refractivity contribution >= 4 is 39.5 Å². The minimum Gasteiger partial charge on any atom is -0.462 e. The number of aliphatic hydroxyl groups is 1. The lowest BCUT2D eigenvalue weighted by Gasteiger charge is -2.21. The van der Waals surface area contributed by atoms with Gasteiger partial charge in [-0.15, -0.1) is 0 Å². The zero-order valence-corrected chi connectivity index (χ0v) is 62.3. The molecule has 0 fully saturated rings. The van der Waals surface area contributed by atoms with Gasteiger partial charge in [0.05, 0.1) is 26.4 Å². The Labute approximate surface area is 568 Å². The van der Waals surface area contributed by atoms with Gasteiger partial charge >= 0.3 is 39.5 Å². The third-order valence-electron chi connectivity index (χ3n) is 17.2. The molecule has 0 spiro atoms. The van der Waals surface area contributed by atoms with Crippen LogP contribution in [0.2, 0.25) is 0 Å². The van der Waals surface area contributed by atoms with Gasteiger partial charge in [0.25, 0.3) is 0 Å². The summed E-state index contributed by atoms with van der Waals surface area (Å²) in [4.78, 5) is 72.7. The van der Waals surface area contributed by atoms with E-state index in [4.69, 9.17) is 37.0 Å². The largest absolute Gasteiger partial charge is 0.472 e. The molecule has 0 aromatic heterocycles. The maximum Gasteiger partial charge on any atom is 0.472 e. The van der Waals surface area contributed by atoms with Gasteiger partial charge in [-0.05, 0) is 37.5 Å². The summed E-state index contributed by atoms with van der Waals surface area (Å²) in [6, 6.07) is 0. The summed E-state index contributed by atoms with van der Waals surface area (Å²) >= 11 is 0. The molecule has 3 N–H and O–H groups in total. The van der Waals surface area contributed by atoms with E-state index in [2.05, 4.69) is 41.5 Å². The Morgan fingerprint density at radius 3 is 0.731 bits per heavy atom. The van der Waals surface area contributed by atoms with Crippen molar-refractivity contribution in [2.24, 2.45) is 11.8 Å². The van der Waals surface area contributed by atoms with Gasteiger partial charge < -0.3 is 33.8 Å². The Kier molecular flexibility index (Phi) is 64.6. The molecule has 0 bridgehead atoms. The SMILES string of the molecule is CCCCCCCCCCCCCCCCCCC(=O)O[C@H](COC(=O)CCCCCCCCCCCCCCCCC)COP(=O)(O)OC[C@@H](O)COP(=O)(O)OC[C@@H](COC(=O)CCCCCCCCC(C)C)OC(=O)CCCCCCCCCCCCC(C)C. The number of carbonyl (C=O) groups excluding carboxylic acids is 4. The highest BCUT2D eigenvalue weighted by Crippen LogP contribution is 2.45. The normalized spacial score (nSPS) is 14.1. The summed E-state index contributed by atoms with van der Waals surface area (Å²) in [5.41, 5.74) is 0. The maximum atomic E-state index is 13.1. The molecule has 0 aliphatic rings. The molecule has 0 aliphatic heterocycles. The van der Waals surface area contributed by atoms with Crippen molar-refractivity contribution in [1.29, 1.82) is 0 Å². The smallest absolute Gasteiger partial charge is 0.462 e. The molecule has 0 aromatic rings. The van der Waals surface area contributed by atoms with Gasteiger partial charge in [-0.25, -0.2) is 9.13 Å². The van der Waals surface area contributed by atoms with Crippen molar-refractivity contribution in [3.8, 4) is 0 Å². The number of unbranched alkanes of at least 4 members (excludes halogenated alkanes) is 43. The number of phosphoric ester groups is 2. The molecule has 0 rings (SSSR count). The Hall–Kier alpha value is -1.94. The van der Waals surface area contributed by atoms with Crippen molar-refractivity contribution in [3.05, 3.63) is 0 Å². The van der Waals surface area contributed by atoms with E-state index < -0.39 is 97.5 Å². The molecule has 93 heavy (non-hydrogen) atoms. The lowest BCUT2D eigenvalue weighted by atomic mass is 10.0. The third-order valence-corrected chi connectivity index (χ3v) is 19.1. The monoisotopic (exact) mass is 1370 g/mol. The van der Waals surface area contributed by atoms with Crippen LogP contribution in [0.3, 0.4) is 0 Å². The molecule has 5 atom stereocenters. The number of esters is 4. The van der Waals surface area contributed by atoms with Gasteiger partial charge in [0.2, 0.25) is 0 Å². The van der Waals surface area contributed by atoms with Gasteiger partial charge in [-0.1, -0.05) is 330 Å². The van der Waals surface area contributed by atoms with E-state index in [-0.39, 0.29) is 25.7 Å². The fraction of sp³-hybridized carbons (Fsp3) is 0.946. The van der Waals surface area contributed by atoms with Gasteiger partial charge in [-0.2, -0.15) is 0 Å².